The van der Waals surface area contributed by atoms with Crippen molar-refractivity contribution in [3.8, 4) is 5.75 Å². The maximum atomic E-state index is 11.6. The Morgan fingerprint density at radius 3 is 1.92 bits per heavy atom. The third kappa shape index (κ3) is 6.61. The third-order valence-electron chi connectivity index (χ3n) is 3.87. The Bertz CT molecular complexity index is 611. The van der Waals surface area contributed by atoms with Crippen LogP contribution >= 0.6 is 19.4 Å². The van der Waals surface area contributed by atoms with Gasteiger partial charge in [0.05, 0.1) is 12.3 Å². The van der Waals surface area contributed by atoms with Crippen LogP contribution in [0.15, 0.2) is 17.0 Å². The molecule has 0 saturated carbocycles. The van der Waals surface area contributed by atoms with E-state index in [0.717, 1.165) is 23.1 Å². The van der Waals surface area contributed by atoms with Crippen LogP contribution in [0.1, 0.15) is 52.7 Å². The number of aliphatic hydroxyl groups excluding tert-OH is 1. The molecule has 0 saturated heterocycles. The summed E-state index contributed by atoms with van der Waals surface area (Å²) in [5.41, 5.74) is 1.25. The molecular formula is C18H31O5PS. The largest absolute Gasteiger partial charge is 0.507 e. The number of benzene rings is 1. The molecule has 0 amide bonds. The summed E-state index contributed by atoms with van der Waals surface area (Å²) in [6.45, 7) is 12.2. The smallest absolute Gasteiger partial charge is 0.330 e. The summed E-state index contributed by atoms with van der Waals surface area (Å²) in [5.74, 6) is 0.579. The minimum atomic E-state index is -3.73. The van der Waals surface area contributed by atoms with E-state index in [1.807, 2.05) is 53.7 Å². The van der Waals surface area contributed by atoms with Crippen LogP contribution in [0.3, 0.4) is 0 Å². The average molecular weight is 390 g/mol. The lowest BCUT2D eigenvalue weighted by atomic mass is 9.79. The highest BCUT2D eigenvalue weighted by atomic mass is 32.2. The van der Waals surface area contributed by atoms with Crippen LogP contribution in [0.4, 0.5) is 0 Å². The summed E-state index contributed by atoms with van der Waals surface area (Å²) < 4.78 is 16.1. The summed E-state index contributed by atoms with van der Waals surface area (Å²) in [7, 11) is -2.58. The molecule has 2 atom stereocenters. The Balaban J connectivity index is 3.10. The van der Waals surface area contributed by atoms with Crippen molar-refractivity contribution in [1.82, 2.24) is 0 Å². The standard InChI is InChI=1S/C18H31O5PS/c1-17(2,3)14-8-13(9-15(16(14)20)18(4,5)6)25-11-12(19)10-24(21,22)23-7/h8-9,12,19-20H,10-11H2,1-7H3,(H,21,22). The molecule has 7 heteroatoms. The fraction of sp³-hybridized carbons (Fsp3) is 0.667. The molecule has 1 aromatic carbocycles. The predicted molar refractivity (Wildman–Crippen MR) is 104 cm³/mol. The molecule has 0 aliphatic carbocycles. The molecule has 5 nitrogen and oxygen atoms in total. The van der Waals surface area contributed by atoms with Gasteiger partial charge in [0.25, 0.3) is 0 Å². The first kappa shape index (κ1) is 22.5. The maximum Gasteiger partial charge on any atom is 0.330 e. The highest BCUT2D eigenvalue weighted by Crippen LogP contribution is 2.43. The summed E-state index contributed by atoms with van der Waals surface area (Å²) in [5, 5.41) is 20.7. The normalized spacial score (nSPS) is 16.5. The number of thioether (sulfide) groups is 1. The van der Waals surface area contributed by atoms with E-state index >= 15 is 0 Å². The zero-order valence-electron chi connectivity index (χ0n) is 16.2. The van der Waals surface area contributed by atoms with Crippen molar-refractivity contribution in [2.75, 3.05) is 19.0 Å². The Morgan fingerprint density at radius 1 is 1.12 bits per heavy atom. The highest BCUT2D eigenvalue weighted by molar-refractivity contribution is 7.99. The minimum Gasteiger partial charge on any atom is -0.507 e. The van der Waals surface area contributed by atoms with Gasteiger partial charge in [-0.15, -0.1) is 11.8 Å². The van der Waals surface area contributed by atoms with Gasteiger partial charge in [0, 0.05) is 28.9 Å². The van der Waals surface area contributed by atoms with E-state index in [-0.39, 0.29) is 22.7 Å². The maximum absolute atomic E-state index is 11.6. The Kier molecular flexibility index (Phi) is 7.22. The fourth-order valence-corrected chi connectivity index (χ4v) is 4.31. The average Bonchev–Trinajstić information content (AvgIpc) is 2.43. The number of phenolic OH excluding ortho intramolecular Hbond substituents is 1. The molecule has 144 valence electrons. The van der Waals surface area contributed by atoms with Crippen molar-refractivity contribution >= 4 is 19.4 Å². The molecule has 1 rings (SSSR count). The first-order valence-corrected chi connectivity index (χ1v) is 11.0. The summed E-state index contributed by atoms with van der Waals surface area (Å²) >= 11 is 1.40. The van der Waals surface area contributed by atoms with Crippen molar-refractivity contribution in [2.24, 2.45) is 0 Å². The van der Waals surface area contributed by atoms with Crippen LogP contribution in [0.5, 0.6) is 5.75 Å². The van der Waals surface area contributed by atoms with Crippen molar-refractivity contribution in [2.45, 2.75) is 63.4 Å². The van der Waals surface area contributed by atoms with Gasteiger partial charge in [-0.25, -0.2) is 0 Å². The van der Waals surface area contributed by atoms with Crippen LogP contribution < -0.4 is 0 Å². The number of hydrogen-bond donors (Lipinski definition) is 3. The van der Waals surface area contributed by atoms with Gasteiger partial charge < -0.3 is 19.6 Å². The van der Waals surface area contributed by atoms with Crippen LogP contribution in [0, 0.1) is 0 Å². The van der Waals surface area contributed by atoms with E-state index in [1.54, 1.807) is 0 Å². The number of aromatic hydroxyl groups is 1. The van der Waals surface area contributed by atoms with Gasteiger partial charge in [-0.3, -0.25) is 4.57 Å². The topological polar surface area (TPSA) is 87.0 Å². The van der Waals surface area contributed by atoms with Crippen LogP contribution in [-0.4, -0.2) is 40.2 Å². The molecule has 0 aliphatic heterocycles. The summed E-state index contributed by atoms with van der Waals surface area (Å²) in [6.07, 6.45) is -1.25. The first-order chi connectivity index (χ1) is 11.2. The SMILES string of the molecule is COP(=O)(O)CC(O)CSc1cc(C(C)(C)C)c(O)c(C(C)(C)C)c1. The second kappa shape index (κ2) is 8.01. The van der Waals surface area contributed by atoms with Gasteiger partial charge in [0.1, 0.15) is 5.75 Å². The van der Waals surface area contributed by atoms with Gasteiger partial charge in [0.2, 0.25) is 0 Å². The van der Waals surface area contributed by atoms with E-state index in [4.69, 9.17) is 0 Å². The molecule has 25 heavy (non-hydrogen) atoms. The van der Waals surface area contributed by atoms with Gasteiger partial charge in [-0.05, 0) is 23.0 Å². The van der Waals surface area contributed by atoms with Crippen LogP contribution in [-0.2, 0) is 19.9 Å². The number of aliphatic hydroxyl groups is 1. The quantitative estimate of drug-likeness (QED) is 0.497. The minimum absolute atomic E-state index is 0.226. The molecule has 0 radical (unpaired) electrons. The lowest BCUT2D eigenvalue weighted by Crippen LogP contribution is -2.18. The molecule has 0 spiro atoms. The van der Waals surface area contributed by atoms with E-state index in [1.165, 1.54) is 11.8 Å². The summed E-state index contributed by atoms with van der Waals surface area (Å²) in [6, 6.07) is 3.85. The lowest BCUT2D eigenvalue weighted by Gasteiger charge is -2.28. The molecule has 0 heterocycles. The second-order valence-electron chi connectivity index (χ2n) is 8.33. The first-order valence-electron chi connectivity index (χ1n) is 8.24. The lowest BCUT2D eigenvalue weighted by molar-refractivity contribution is 0.208. The fourth-order valence-electron chi connectivity index (χ4n) is 2.42. The highest BCUT2D eigenvalue weighted by Gasteiger charge is 2.27. The van der Waals surface area contributed by atoms with E-state index in [0.29, 0.717) is 5.75 Å². The molecular weight excluding hydrogens is 359 g/mol. The van der Waals surface area contributed by atoms with E-state index in [2.05, 4.69) is 4.52 Å². The van der Waals surface area contributed by atoms with Gasteiger partial charge in [-0.1, -0.05) is 41.5 Å². The van der Waals surface area contributed by atoms with Crippen molar-refractivity contribution in [3.63, 3.8) is 0 Å². The van der Waals surface area contributed by atoms with Crippen LogP contribution in [0.2, 0.25) is 0 Å². The zero-order chi connectivity index (χ0) is 19.6. The van der Waals surface area contributed by atoms with Crippen molar-refractivity contribution in [3.05, 3.63) is 23.3 Å². The van der Waals surface area contributed by atoms with Crippen molar-refractivity contribution in [1.29, 1.82) is 0 Å². The monoisotopic (exact) mass is 390 g/mol. The van der Waals surface area contributed by atoms with Gasteiger partial charge >= 0.3 is 7.60 Å². The second-order valence-corrected chi connectivity index (χ2v) is 11.4. The van der Waals surface area contributed by atoms with Gasteiger partial charge in [-0.2, -0.15) is 0 Å². The molecule has 1 aromatic rings. The third-order valence-corrected chi connectivity index (χ3v) is 6.44. The van der Waals surface area contributed by atoms with E-state index < -0.39 is 13.7 Å². The Morgan fingerprint density at radius 2 is 1.56 bits per heavy atom. The molecule has 3 N–H and O–H groups in total. The zero-order valence-corrected chi connectivity index (χ0v) is 17.9. The Labute approximate surface area is 155 Å². The van der Waals surface area contributed by atoms with Crippen LogP contribution in [0.25, 0.3) is 0 Å². The molecule has 0 fully saturated rings. The van der Waals surface area contributed by atoms with Gasteiger partial charge in [0.15, 0.2) is 0 Å². The van der Waals surface area contributed by atoms with E-state index in [9.17, 15) is 19.7 Å². The number of phenols is 1. The molecule has 0 bridgehead atoms. The molecule has 2 unspecified atom stereocenters. The number of hydrogen-bond acceptors (Lipinski definition) is 5. The Hall–Kier alpha value is -0.520. The predicted octanol–water partition coefficient (Wildman–Crippen LogP) is 4.27. The number of rotatable bonds is 6. The van der Waals surface area contributed by atoms with Crippen molar-refractivity contribution < 1.29 is 24.2 Å². The molecule has 0 aromatic heterocycles. The molecule has 0 aliphatic rings. The summed E-state index contributed by atoms with van der Waals surface area (Å²) in [4.78, 5) is 10.4.